The standard InChI is InChI=1S/C24H21FN4O4/c1-14(15-4-6-17(25)7-5-15)27-22(30)16-12-20-21(26-13-16)29(24(32)28(2)23(20)31)18-8-10-19(33-3)11-9-18/h4-14H,1-3H3,(H,27,30)/t14-/m1/s1. The molecule has 1 atom stereocenters. The third-order valence-electron chi connectivity index (χ3n) is 5.40. The Morgan fingerprint density at radius 1 is 1.09 bits per heavy atom. The van der Waals surface area contributed by atoms with Crippen LogP contribution in [0, 0.1) is 5.82 Å². The Labute approximate surface area is 187 Å². The smallest absolute Gasteiger partial charge is 0.337 e. The maximum atomic E-state index is 13.2. The summed E-state index contributed by atoms with van der Waals surface area (Å²) in [6.45, 7) is 1.76. The molecule has 9 heteroatoms. The van der Waals surface area contributed by atoms with Crippen molar-refractivity contribution in [1.29, 1.82) is 0 Å². The van der Waals surface area contributed by atoms with Crippen LogP contribution >= 0.6 is 0 Å². The molecule has 2 heterocycles. The summed E-state index contributed by atoms with van der Waals surface area (Å²) in [5, 5.41) is 2.93. The summed E-state index contributed by atoms with van der Waals surface area (Å²) < 4.78 is 20.6. The predicted octanol–water partition coefficient (Wildman–Crippen LogP) is 2.72. The van der Waals surface area contributed by atoms with E-state index in [0.29, 0.717) is 11.4 Å². The quantitative estimate of drug-likeness (QED) is 0.507. The lowest BCUT2D eigenvalue weighted by molar-refractivity contribution is 0.0939. The van der Waals surface area contributed by atoms with Gasteiger partial charge < -0.3 is 10.1 Å². The Hall–Kier alpha value is -4.27. The van der Waals surface area contributed by atoms with Gasteiger partial charge in [0, 0.05) is 13.2 Å². The fourth-order valence-corrected chi connectivity index (χ4v) is 3.50. The van der Waals surface area contributed by atoms with Gasteiger partial charge in [-0.1, -0.05) is 12.1 Å². The fourth-order valence-electron chi connectivity index (χ4n) is 3.50. The van der Waals surface area contributed by atoms with Gasteiger partial charge in [0.05, 0.1) is 29.8 Å². The van der Waals surface area contributed by atoms with Crippen molar-refractivity contribution < 1.29 is 13.9 Å². The van der Waals surface area contributed by atoms with E-state index in [2.05, 4.69) is 10.3 Å². The normalized spacial score (nSPS) is 11.9. The Balaban J connectivity index is 1.75. The third kappa shape index (κ3) is 4.12. The third-order valence-corrected chi connectivity index (χ3v) is 5.40. The summed E-state index contributed by atoms with van der Waals surface area (Å²) in [6.07, 6.45) is 1.31. The van der Waals surface area contributed by atoms with Gasteiger partial charge in [-0.2, -0.15) is 0 Å². The van der Waals surface area contributed by atoms with E-state index in [1.54, 1.807) is 43.3 Å². The molecule has 0 fully saturated rings. The lowest BCUT2D eigenvalue weighted by Crippen LogP contribution is -2.38. The first kappa shape index (κ1) is 21.9. The van der Waals surface area contributed by atoms with Gasteiger partial charge in [-0.25, -0.2) is 18.7 Å². The Morgan fingerprint density at radius 2 is 1.76 bits per heavy atom. The molecule has 0 aliphatic rings. The van der Waals surface area contributed by atoms with E-state index in [9.17, 15) is 18.8 Å². The molecule has 8 nitrogen and oxygen atoms in total. The van der Waals surface area contributed by atoms with Crippen LogP contribution in [-0.4, -0.2) is 27.1 Å². The maximum absolute atomic E-state index is 13.2. The van der Waals surface area contributed by atoms with Gasteiger partial charge in [0.1, 0.15) is 11.6 Å². The number of halogens is 1. The maximum Gasteiger partial charge on any atom is 0.337 e. The first-order valence-corrected chi connectivity index (χ1v) is 10.1. The number of methoxy groups -OCH3 is 1. The summed E-state index contributed by atoms with van der Waals surface area (Å²) in [4.78, 5) is 42.8. The van der Waals surface area contributed by atoms with Crippen LogP contribution in [0.3, 0.4) is 0 Å². The average molecular weight is 448 g/mol. The van der Waals surface area contributed by atoms with Crippen molar-refractivity contribution in [2.75, 3.05) is 7.11 Å². The zero-order valence-electron chi connectivity index (χ0n) is 18.2. The largest absolute Gasteiger partial charge is 0.497 e. The highest BCUT2D eigenvalue weighted by atomic mass is 19.1. The van der Waals surface area contributed by atoms with E-state index < -0.39 is 23.2 Å². The van der Waals surface area contributed by atoms with Crippen molar-refractivity contribution in [2.24, 2.45) is 7.05 Å². The molecule has 0 saturated heterocycles. The number of aromatic nitrogens is 3. The monoisotopic (exact) mass is 448 g/mol. The van der Waals surface area contributed by atoms with Gasteiger partial charge >= 0.3 is 5.69 Å². The van der Waals surface area contributed by atoms with E-state index in [0.717, 1.165) is 10.1 Å². The lowest BCUT2D eigenvalue weighted by Gasteiger charge is -2.15. The van der Waals surface area contributed by atoms with Crippen molar-refractivity contribution in [3.05, 3.63) is 98.6 Å². The van der Waals surface area contributed by atoms with E-state index in [4.69, 9.17) is 4.74 Å². The van der Waals surface area contributed by atoms with Crippen LogP contribution in [0.4, 0.5) is 4.39 Å². The van der Waals surface area contributed by atoms with Crippen LogP contribution in [0.15, 0.2) is 70.4 Å². The zero-order valence-corrected chi connectivity index (χ0v) is 18.2. The molecule has 4 aromatic rings. The molecule has 0 spiro atoms. The molecule has 1 amide bonds. The van der Waals surface area contributed by atoms with Crippen molar-refractivity contribution in [2.45, 2.75) is 13.0 Å². The number of pyridine rings is 1. The van der Waals surface area contributed by atoms with E-state index >= 15 is 0 Å². The second kappa shape index (κ2) is 8.70. The van der Waals surface area contributed by atoms with Gasteiger partial charge in [-0.15, -0.1) is 0 Å². The van der Waals surface area contributed by atoms with Gasteiger partial charge in [-0.3, -0.25) is 14.2 Å². The van der Waals surface area contributed by atoms with Crippen molar-refractivity contribution in [3.63, 3.8) is 0 Å². The highest BCUT2D eigenvalue weighted by Crippen LogP contribution is 2.18. The van der Waals surface area contributed by atoms with E-state index in [1.165, 1.54) is 43.1 Å². The molecule has 0 aliphatic carbocycles. The summed E-state index contributed by atoms with van der Waals surface area (Å²) in [5.41, 5.74) is 0.393. The first-order chi connectivity index (χ1) is 15.8. The second-order valence-electron chi connectivity index (χ2n) is 7.52. The van der Waals surface area contributed by atoms with Crippen molar-refractivity contribution in [3.8, 4) is 11.4 Å². The number of amides is 1. The molecule has 2 aromatic carbocycles. The first-order valence-electron chi connectivity index (χ1n) is 10.1. The average Bonchev–Trinajstić information content (AvgIpc) is 2.83. The molecule has 0 unspecified atom stereocenters. The Bertz CT molecular complexity index is 1460. The second-order valence-corrected chi connectivity index (χ2v) is 7.52. The molecule has 0 aliphatic heterocycles. The summed E-state index contributed by atoms with van der Waals surface area (Å²) in [7, 11) is 2.90. The van der Waals surface area contributed by atoms with Crippen LogP contribution in [0.25, 0.3) is 16.7 Å². The topological polar surface area (TPSA) is 95.2 Å². The number of nitrogens with zero attached hydrogens (tertiary/aromatic N) is 3. The molecule has 0 bridgehead atoms. The summed E-state index contributed by atoms with van der Waals surface area (Å²) in [5.74, 6) is -0.205. The summed E-state index contributed by atoms with van der Waals surface area (Å²) >= 11 is 0. The molecule has 0 radical (unpaired) electrons. The minimum Gasteiger partial charge on any atom is -0.497 e. The minimum absolute atomic E-state index is 0.120. The number of hydrogen-bond donors (Lipinski definition) is 1. The Morgan fingerprint density at radius 3 is 2.39 bits per heavy atom. The molecular formula is C24H21FN4O4. The highest BCUT2D eigenvalue weighted by Gasteiger charge is 2.18. The number of carbonyl (C=O) groups is 1. The van der Waals surface area contributed by atoms with Crippen molar-refractivity contribution >= 4 is 16.9 Å². The lowest BCUT2D eigenvalue weighted by atomic mass is 10.1. The van der Waals surface area contributed by atoms with Gasteiger partial charge in [0.2, 0.25) is 0 Å². The van der Waals surface area contributed by atoms with Crippen LogP contribution in [0.5, 0.6) is 5.75 Å². The Kier molecular flexibility index (Phi) is 5.78. The number of hydrogen-bond acceptors (Lipinski definition) is 5. The predicted molar refractivity (Wildman–Crippen MR) is 121 cm³/mol. The zero-order chi connectivity index (χ0) is 23.7. The highest BCUT2D eigenvalue weighted by molar-refractivity contribution is 5.97. The number of carbonyl (C=O) groups excluding carboxylic acids is 1. The number of benzene rings is 2. The summed E-state index contributed by atoms with van der Waals surface area (Å²) in [6, 6.07) is 13.6. The molecular weight excluding hydrogens is 427 g/mol. The van der Waals surface area contributed by atoms with E-state index in [-0.39, 0.29) is 22.4 Å². The van der Waals surface area contributed by atoms with Gasteiger partial charge in [0.25, 0.3) is 11.5 Å². The van der Waals surface area contributed by atoms with Crippen molar-refractivity contribution in [1.82, 2.24) is 19.4 Å². The molecule has 4 rings (SSSR count). The number of nitrogens with one attached hydrogen (secondary N) is 1. The number of ether oxygens (including phenoxy) is 1. The van der Waals surface area contributed by atoms with E-state index in [1.807, 2.05) is 0 Å². The van der Waals surface area contributed by atoms with Crippen LogP contribution in [-0.2, 0) is 7.05 Å². The van der Waals surface area contributed by atoms with Crippen LogP contribution < -0.4 is 21.3 Å². The molecule has 168 valence electrons. The van der Waals surface area contributed by atoms with Crippen LogP contribution in [0.2, 0.25) is 0 Å². The molecule has 1 N–H and O–H groups in total. The molecule has 33 heavy (non-hydrogen) atoms. The van der Waals surface area contributed by atoms with Gasteiger partial charge in [0.15, 0.2) is 5.65 Å². The minimum atomic E-state index is -0.563. The molecule has 2 aromatic heterocycles. The number of rotatable bonds is 5. The van der Waals surface area contributed by atoms with Gasteiger partial charge in [-0.05, 0) is 55.0 Å². The number of fused-ring (bicyclic) bond motifs is 1. The SMILES string of the molecule is COc1ccc(-n2c(=O)n(C)c(=O)c3cc(C(=O)N[C@H](C)c4ccc(F)cc4)cnc32)cc1. The van der Waals surface area contributed by atoms with Crippen LogP contribution in [0.1, 0.15) is 28.9 Å². The molecule has 0 saturated carbocycles. The fraction of sp³-hybridized carbons (Fsp3) is 0.167.